The van der Waals surface area contributed by atoms with Gasteiger partial charge in [-0.25, -0.2) is 15.8 Å². The zero-order chi connectivity index (χ0) is 13.8. The second-order valence-corrected chi connectivity index (χ2v) is 4.96. The van der Waals surface area contributed by atoms with Gasteiger partial charge in [0.25, 0.3) is 0 Å². The van der Waals surface area contributed by atoms with Crippen molar-refractivity contribution in [1.29, 1.82) is 0 Å². The summed E-state index contributed by atoms with van der Waals surface area (Å²) in [5.41, 5.74) is 5.39. The zero-order valence-corrected chi connectivity index (χ0v) is 12.4. The van der Waals surface area contributed by atoms with Crippen molar-refractivity contribution in [1.82, 2.24) is 9.97 Å². The second-order valence-electron chi connectivity index (χ2n) is 4.11. The van der Waals surface area contributed by atoms with Gasteiger partial charge in [-0.05, 0) is 24.6 Å². The Kier molecular flexibility index (Phi) is 4.47. The van der Waals surface area contributed by atoms with Crippen LogP contribution in [0.25, 0.3) is 11.4 Å². The predicted molar refractivity (Wildman–Crippen MR) is 78.4 cm³/mol. The topological polar surface area (TPSA) is 73.1 Å². The molecule has 0 atom stereocenters. The van der Waals surface area contributed by atoms with Crippen LogP contribution in [0.5, 0.6) is 0 Å². The maximum atomic E-state index is 5.43. The highest BCUT2D eigenvalue weighted by Gasteiger charge is 2.07. The fourth-order valence-electron chi connectivity index (χ4n) is 1.71. The molecule has 0 aliphatic heterocycles. The van der Waals surface area contributed by atoms with E-state index < -0.39 is 0 Å². The first kappa shape index (κ1) is 13.9. The van der Waals surface area contributed by atoms with Crippen molar-refractivity contribution in [3.63, 3.8) is 0 Å². The predicted octanol–water partition coefficient (Wildman–Crippen LogP) is 2.65. The molecule has 0 unspecified atom stereocenters. The molecule has 5 nitrogen and oxygen atoms in total. The Hall–Kier alpha value is -1.50. The average molecular weight is 323 g/mol. The van der Waals surface area contributed by atoms with Crippen molar-refractivity contribution in [3.05, 3.63) is 40.0 Å². The van der Waals surface area contributed by atoms with Gasteiger partial charge in [0.1, 0.15) is 5.82 Å². The fourth-order valence-corrected chi connectivity index (χ4v) is 1.95. The number of hydrazine groups is 1. The quantitative estimate of drug-likeness (QED) is 0.668. The van der Waals surface area contributed by atoms with Gasteiger partial charge in [-0.2, -0.15) is 0 Å². The number of aromatic nitrogens is 2. The molecule has 6 heteroatoms. The molecule has 0 saturated carbocycles. The van der Waals surface area contributed by atoms with Crippen LogP contribution in [0, 0.1) is 6.92 Å². The molecule has 0 bridgehead atoms. The third kappa shape index (κ3) is 3.28. The molecular formula is C13H15BrN4O. The van der Waals surface area contributed by atoms with Crippen LogP contribution in [-0.4, -0.2) is 17.1 Å². The molecule has 1 aromatic carbocycles. The Morgan fingerprint density at radius 3 is 2.74 bits per heavy atom. The summed E-state index contributed by atoms with van der Waals surface area (Å²) in [6, 6.07) is 7.73. The number of ether oxygens (including phenoxy) is 1. The molecule has 0 radical (unpaired) electrons. The minimum absolute atomic E-state index is 0.416. The van der Waals surface area contributed by atoms with Crippen LogP contribution in [-0.2, 0) is 11.3 Å². The lowest BCUT2D eigenvalue weighted by atomic mass is 10.1. The van der Waals surface area contributed by atoms with Gasteiger partial charge >= 0.3 is 0 Å². The lowest BCUT2D eigenvalue weighted by molar-refractivity contribution is 0.181. The van der Waals surface area contributed by atoms with Gasteiger partial charge < -0.3 is 10.2 Å². The molecule has 19 heavy (non-hydrogen) atoms. The summed E-state index contributed by atoms with van der Waals surface area (Å²) < 4.78 is 6.15. The number of halogens is 1. The molecule has 0 saturated heterocycles. The number of nitrogen functional groups attached to an aromatic ring is 1. The highest BCUT2D eigenvalue weighted by molar-refractivity contribution is 9.10. The smallest absolute Gasteiger partial charge is 0.161 e. The summed E-state index contributed by atoms with van der Waals surface area (Å²) in [7, 11) is 1.63. The molecule has 0 fully saturated rings. The van der Waals surface area contributed by atoms with Crippen LogP contribution in [0.4, 0.5) is 5.82 Å². The average Bonchev–Trinajstić information content (AvgIpc) is 2.42. The fraction of sp³-hybridized carbons (Fsp3) is 0.231. The van der Waals surface area contributed by atoms with Gasteiger partial charge in [0, 0.05) is 23.2 Å². The van der Waals surface area contributed by atoms with Crippen molar-refractivity contribution in [2.45, 2.75) is 13.5 Å². The first-order valence-electron chi connectivity index (χ1n) is 5.74. The summed E-state index contributed by atoms with van der Waals surface area (Å²) in [4.78, 5) is 8.82. The van der Waals surface area contributed by atoms with Crippen LogP contribution in [0.1, 0.15) is 11.3 Å². The number of nitrogens with zero attached hydrogens (tertiary/aromatic N) is 2. The maximum absolute atomic E-state index is 5.43. The van der Waals surface area contributed by atoms with E-state index in [0.29, 0.717) is 18.2 Å². The molecule has 2 aromatic rings. The van der Waals surface area contributed by atoms with Crippen LogP contribution >= 0.6 is 15.9 Å². The van der Waals surface area contributed by atoms with Crippen LogP contribution in [0.3, 0.4) is 0 Å². The Morgan fingerprint density at radius 2 is 2.11 bits per heavy atom. The Bertz CT molecular complexity index is 589. The van der Waals surface area contributed by atoms with Gasteiger partial charge in [-0.3, -0.25) is 0 Å². The molecule has 0 aliphatic carbocycles. The van der Waals surface area contributed by atoms with Gasteiger partial charge in [0.15, 0.2) is 5.82 Å². The molecule has 2 rings (SSSR count). The molecule has 0 spiro atoms. The normalized spacial score (nSPS) is 10.5. The second kappa shape index (κ2) is 6.10. The number of anilines is 1. The number of nitrogens with two attached hydrogens (primary N) is 1. The molecule has 0 amide bonds. The molecule has 0 aliphatic rings. The highest BCUT2D eigenvalue weighted by Crippen LogP contribution is 2.24. The number of hydrogen-bond acceptors (Lipinski definition) is 5. The van der Waals surface area contributed by atoms with E-state index in [1.54, 1.807) is 13.2 Å². The number of hydrogen-bond donors (Lipinski definition) is 2. The number of benzene rings is 1. The van der Waals surface area contributed by atoms with E-state index in [-0.39, 0.29) is 0 Å². The monoisotopic (exact) mass is 322 g/mol. The largest absolute Gasteiger partial charge is 0.378 e. The van der Waals surface area contributed by atoms with Gasteiger partial charge in [-0.15, -0.1) is 0 Å². The molecular weight excluding hydrogens is 308 g/mol. The van der Waals surface area contributed by atoms with E-state index in [4.69, 9.17) is 10.6 Å². The molecule has 3 N–H and O–H groups in total. The van der Waals surface area contributed by atoms with Crippen LogP contribution < -0.4 is 11.3 Å². The minimum Gasteiger partial charge on any atom is -0.378 e. The summed E-state index contributed by atoms with van der Waals surface area (Å²) in [6.45, 7) is 2.44. The van der Waals surface area contributed by atoms with E-state index >= 15 is 0 Å². The molecule has 100 valence electrons. The Labute approximate surface area is 120 Å². The van der Waals surface area contributed by atoms with E-state index in [0.717, 1.165) is 21.3 Å². The first-order valence-corrected chi connectivity index (χ1v) is 6.53. The summed E-state index contributed by atoms with van der Waals surface area (Å²) in [5, 5.41) is 0. The molecule has 1 heterocycles. The van der Waals surface area contributed by atoms with E-state index in [1.807, 2.05) is 25.1 Å². The van der Waals surface area contributed by atoms with Crippen LogP contribution in [0.2, 0.25) is 0 Å². The van der Waals surface area contributed by atoms with Crippen molar-refractivity contribution in [3.8, 4) is 11.4 Å². The highest BCUT2D eigenvalue weighted by atomic mass is 79.9. The first-order chi connectivity index (χ1) is 9.13. The van der Waals surface area contributed by atoms with Crippen molar-refractivity contribution in [2.24, 2.45) is 5.84 Å². The Morgan fingerprint density at radius 1 is 1.32 bits per heavy atom. The van der Waals surface area contributed by atoms with Crippen LogP contribution in [0.15, 0.2) is 28.7 Å². The summed E-state index contributed by atoms with van der Waals surface area (Å²) in [6.07, 6.45) is 0. The number of aryl methyl sites for hydroxylation is 1. The minimum atomic E-state index is 0.416. The lowest BCUT2D eigenvalue weighted by Crippen LogP contribution is -2.10. The lowest BCUT2D eigenvalue weighted by Gasteiger charge is -2.08. The van der Waals surface area contributed by atoms with Crippen molar-refractivity contribution < 1.29 is 4.74 Å². The number of nitrogens with one attached hydrogen (secondary N) is 1. The zero-order valence-electron chi connectivity index (χ0n) is 10.8. The number of rotatable bonds is 4. The van der Waals surface area contributed by atoms with E-state index in [9.17, 15) is 0 Å². The van der Waals surface area contributed by atoms with Gasteiger partial charge in [0.2, 0.25) is 0 Å². The SMILES string of the molecule is COCc1cc(NN)nc(-c2ccc(Br)c(C)c2)n1. The van der Waals surface area contributed by atoms with Gasteiger partial charge in [-0.1, -0.05) is 22.0 Å². The Balaban J connectivity index is 2.47. The summed E-state index contributed by atoms with van der Waals surface area (Å²) >= 11 is 3.48. The van der Waals surface area contributed by atoms with E-state index in [1.165, 1.54) is 0 Å². The van der Waals surface area contributed by atoms with Crippen molar-refractivity contribution in [2.75, 3.05) is 12.5 Å². The number of methoxy groups -OCH3 is 1. The van der Waals surface area contributed by atoms with E-state index in [2.05, 4.69) is 31.3 Å². The third-order valence-electron chi connectivity index (χ3n) is 2.64. The maximum Gasteiger partial charge on any atom is 0.161 e. The van der Waals surface area contributed by atoms with Crippen molar-refractivity contribution >= 4 is 21.7 Å². The molecule has 1 aromatic heterocycles. The standard InChI is InChI=1S/C13H15BrN4O/c1-8-5-9(3-4-11(8)14)13-16-10(7-19-2)6-12(17-13)18-15/h3-6H,7,15H2,1-2H3,(H,16,17,18). The third-order valence-corrected chi connectivity index (χ3v) is 3.53. The summed E-state index contributed by atoms with van der Waals surface area (Å²) in [5.74, 6) is 6.62. The van der Waals surface area contributed by atoms with Gasteiger partial charge in [0.05, 0.1) is 12.3 Å².